The Morgan fingerprint density at radius 3 is 3.00 bits per heavy atom. The van der Waals surface area contributed by atoms with Crippen LogP contribution in [0.3, 0.4) is 0 Å². The van der Waals surface area contributed by atoms with E-state index in [1.807, 2.05) is 53.2 Å². The van der Waals surface area contributed by atoms with E-state index in [1.165, 1.54) is 11.3 Å². The third-order valence-corrected chi connectivity index (χ3v) is 3.65. The van der Waals surface area contributed by atoms with Gasteiger partial charge in [-0.05, 0) is 26.2 Å². The monoisotopic (exact) mass is 301 g/mol. The molecule has 6 nitrogen and oxygen atoms in total. The molecule has 0 aliphatic rings. The minimum absolute atomic E-state index is 0.231. The van der Waals surface area contributed by atoms with Crippen molar-refractivity contribution in [3.8, 4) is 0 Å². The van der Waals surface area contributed by atoms with Crippen molar-refractivity contribution in [1.29, 1.82) is 0 Å². The molecule has 0 saturated carbocycles. The van der Waals surface area contributed by atoms with Crippen LogP contribution in [-0.4, -0.2) is 39.3 Å². The molecule has 3 rings (SSSR count). The predicted molar refractivity (Wildman–Crippen MR) is 82.7 cm³/mol. The van der Waals surface area contributed by atoms with Gasteiger partial charge >= 0.3 is 0 Å². The normalized spacial score (nSPS) is 11.2. The van der Waals surface area contributed by atoms with E-state index >= 15 is 0 Å². The summed E-state index contributed by atoms with van der Waals surface area (Å²) in [5.41, 5.74) is 2.06. The van der Waals surface area contributed by atoms with Gasteiger partial charge in [-0.3, -0.25) is 10.1 Å². The lowest BCUT2D eigenvalue weighted by molar-refractivity contribution is 0.102. The summed E-state index contributed by atoms with van der Waals surface area (Å²) in [6.45, 7) is 0.631. The molecule has 3 aromatic rings. The topological polar surface area (TPSA) is 62.5 Å². The zero-order chi connectivity index (χ0) is 14.8. The third kappa shape index (κ3) is 2.79. The van der Waals surface area contributed by atoms with Gasteiger partial charge in [-0.2, -0.15) is 0 Å². The van der Waals surface area contributed by atoms with Crippen molar-refractivity contribution in [3.05, 3.63) is 47.4 Å². The van der Waals surface area contributed by atoms with Gasteiger partial charge in [-0.25, -0.2) is 9.97 Å². The fraction of sp³-hybridized carbons (Fsp3) is 0.214. The van der Waals surface area contributed by atoms with E-state index in [0.717, 1.165) is 11.3 Å². The Balaban J connectivity index is 2.01. The van der Waals surface area contributed by atoms with Gasteiger partial charge in [0, 0.05) is 24.3 Å². The van der Waals surface area contributed by atoms with E-state index in [4.69, 9.17) is 0 Å². The molecule has 0 aromatic carbocycles. The van der Waals surface area contributed by atoms with Crippen molar-refractivity contribution in [3.63, 3.8) is 0 Å². The lowest BCUT2D eigenvalue weighted by atomic mass is 10.3. The van der Waals surface area contributed by atoms with E-state index in [2.05, 4.69) is 15.3 Å². The summed E-state index contributed by atoms with van der Waals surface area (Å²) in [5, 5.41) is 5.18. The summed E-state index contributed by atoms with van der Waals surface area (Å²) in [4.78, 5) is 23.0. The van der Waals surface area contributed by atoms with Crippen molar-refractivity contribution < 1.29 is 4.79 Å². The number of fused-ring (bicyclic) bond motifs is 1. The van der Waals surface area contributed by atoms with Crippen LogP contribution in [0.25, 0.3) is 5.65 Å². The number of carbonyl (C=O) groups is 1. The Morgan fingerprint density at radius 1 is 1.43 bits per heavy atom. The number of nitrogens with zero attached hydrogens (tertiary/aromatic N) is 4. The van der Waals surface area contributed by atoms with Gasteiger partial charge in [-0.1, -0.05) is 6.07 Å². The molecule has 1 amide bonds. The molecule has 0 fully saturated rings. The van der Waals surface area contributed by atoms with Gasteiger partial charge in [0.2, 0.25) is 0 Å². The second kappa shape index (κ2) is 5.63. The standard InChI is InChI=1S/C14H15N5OS/c1-18(2)9-10-12(13(20)17-14-15-6-8-21-14)16-11-5-3-4-7-19(10)11/h3-8H,9H2,1-2H3,(H,15,17,20). The fourth-order valence-corrected chi connectivity index (χ4v) is 2.64. The third-order valence-electron chi connectivity index (χ3n) is 2.96. The molecule has 3 heterocycles. The quantitative estimate of drug-likeness (QED) is 0.801. The highest BCUT2D eigenvalue weighted by molar-refractivity contribution is 7.13. The minimum Gasteiger partial charge on any atom is -0.304 e. The van der Waals surface area contributed by atoms with Gasteiger partial charge in [0.1, 0.15) is 5.65 Å². The van der Waals surface area contributed by atoms with Crippen LogP contribution in [0.2, 0.25) is 0 Å². The number of amides is 1. The molecule has 21 heavy (non-hydrogen) atoms. The van der Waals surface area contributed by atoms with Crippen LogP contribution in [0, 0.1) is 0 Å². The number of hydrogen-bond acceptors (Lipinski definition) is 5. The average molecular weight is 301 g/mol. The molecule has 0 unspecified atom stereocenters. The van der Waals surface area contributed by atoms with Gasteiger partial charge in [0.25, 0.3) is 5.91 Å². The van der Waals surface area contributed by atoms with Gasteiger partial charge < -0.3 is 9.30 Å². The van der Waals surface area contributed by atoms with E-state index in [9.17, 15) is 4.79 Å². The zero-order valence-electron chi connectivity index (χ0n) is 11.8. The second-order valence-corrected chi connectivity index (χ2v) is 5.76. The highest BCUT2D eigenvalue weighted by atomic mass is 32.1. The molecule has 0 radical (unpaired) electrons. The van der Waals surface area contributed by atoms with Crippen LogP contribution in [-0.2, 0) is 6.54 Å². The summed E-state index contributed by atoms with van der Waals surface area (Å²) in [5.74, 6) is -0.231. The molecule has 108 valence electrons. The van der Waals surface area contributed by atoms with Crippen LogP contribution >= 0.6 is 11.3 Å². The molecule has 0 spiro atoms. The van der Waals surface area contributed by atoms with E-state index in [-0.39, 0.29) is 5.91 Å². The van der Waals surface area contributed by atoms with Crippen molar-refractivity contribution >= 4 is 28.0 Å². The van der Waals surface area contributed by atoms with E-state index in [0.29, 0.717) is 17.4 Å². The number of imidazole rings is 1. The summed E-state index contributed by atoms with van der Waals surface area (Å²) in [6.07, 6.45) is 3.58. The Morgan fingerprint density at radius 2 is 2.29 bits per heavy atom. The van der Waals surface area contributed by atoms with Crippen LogP contribution in [0.15, 0.2) is 36.0 Å². The van der Waals surface area contributed by atoms with Crippen molar-refractivity contribution in [2.45, 2.75) is 6.54 Å². The SMILES string of the molecule is CN(C)Cc1c(C(=O)Nc2nccs2)nc2ccccn12. The molecular weight excluding hydrogens is 286 g/mol. The highest BCUT2D eigenvalue weighted by Crippen LogP contribution is 2.17. The number of aromatic nitrogens is 3. The van der Waals surface area contributed by atoms with Crippen LogP contribution < -0.4 is 5.32 Å². The summed E-state index contributed by atoms with van der Waals surface area (Å²) in [6, 6.07) is 5.72. The number of thiazole rings is 1. The maximum atomic E-state index is 12.4. The first kappa shape index (κ1) is 13.7. The molecule has 3 aromatic heterocycles. The van der Waals surface area contributed by atoms with Crippen molar-refractivity contribution in [2.75, 3.05) is 19.4 Å². The fourth-order valence-electron chi connectivity index (χ4n) is 2.12. The number of carbonyl (C=O) groups excluding carboxylic acids is 1. The molecule has 0 saturated heterocycles. The molecule has 0 aliphatic heterocycles. The Kier molecular flexibility index (Phi) is 3.68. The lowest BCUT2D eigenvalue weighted by Gasteiger charge is -2.10. The van der Waals surface area contributed by atoms with E-state index < -0.39 is 0 Å². The number of hydrogen-bond donors (Lipinski definition) is 1. The maximum absolute atomic E-state index is 12.4. The Bertz CT molecular complexity index is 763. The van der Waals surface area contributed by atoms with Gasteiger partial charge in [0.05, 0.1) is 5.69 Å². The lowest BCUT2D eigenvalue weighted by Crippen LogP contribution is -2.19. The first-order valence-electron chi connectivity index (χ1n) is 6.46. The highest BCUT2D eigenvalue weighted by Gasteiger charge is 2.19. The smallest absolute Gasteiger partial charge is 0.278 e. The van der Waals surface area contributed by atoms with E-state index in [1.54, 1.807) is 6.20 Å². The maximum Gasteiger partial charge on any atom is 0.278 e. The summed E-state index contributed by atoms with van der Waals surface area (Å²) >= 11 is 1.38. The van der Waals surface area contributed by atoms with Crippen molar-refractivity contribution in [1.82, 2.24) is 19.3 Å². The average Bonchev–Trinajstić information content (AvgIpc) is 3.07. The predicted octanol–water partition coefficient (Wildman–Crippen LogP) is 2.10. The van der Waals surface area contributed by atoms with Crippen molar-refractivity contribution in [2.24, 2.45) is 0 Å². The van der Waals surface area contributed by atoms with Crippen LogP contribution in [0.5, 0.6) is 0 Å². The largest absolute Gasteiger partial charge is 0.304 e. The first-order chi connectivity index (χ1) is 10.1. The molecule has 1 N–H and O–H groups in total. The molecule has 7 heteroatoms. The molecule has 0 aliphatic carbocycles. The Hall–Kier alpha value is -2.25. The van der Waals surface area contributed by atoms with Crippen LogP contribution in [0.1, 0.15) is 16.2 Å². The molecule has 0 bridgehead atoms. The number of anilines is 1. The molecular formula is C14H15N5OS. The summed E-state index contributed by atoms with van der Waals surface area (Å²) in [7, 11) is 3.93. The van der Waals surface area contributed by atoms with Gasteiger partial charge in [-0.15, -0.1) is 11.3 Å². The zero-order valence-corrected chi connectivity index (χ0v) is 12.6. The number of pyridine rings is 1. The number of nitrogens with one attached hydrogen (secondary N) is 1. The minimum atomic E-state index is -0.231. The summed E-state index contributed by atoms with van der Waals surface area (Å²) < 4.78 is 1.94. The second-order valence-electron chi connectivity index (χ2n) is 4.87. The van der Waals surface area contributed by atoms with Crippen LogP contribution in [0.4, 0.5) is 5.13 Å². The van der Waals surface area contributed by atoms with Gasteiger partial charge in [0.15, 0.2) is 10.8 Å². The first-order valence-corrected chi connectivity index (χ1v) is 7.34. The molecule has 0 atom stereocenters. The Labute approximate surface area is 126 Å². The number of rotatable bonds is 4.